The van der Waals surface area contributed by atoms with Crippen molar-refractivity contribution in [2.75, 3.05) is 31.2 Å². The second-order valence-electron chi connectivity index (χ2n) is 9.46. The van der Waals surface area contributed by atoms with E-state index in [0.29, 0.717) is 36.4 Å². The molecule has 10 nitrogen and oxygen atoms in total. The van der Waals surface area contributed by atoms with Crippen LogP contribution in [0, 0.1) is 5.92 Å². The average Bonchev–Trinajstić information content (AvgIpc) is 2.91. The van der Waals surface area contributed by atoms with Crippen molar-refractivity contribution in [3.05, 3.63) is 29.3 Å². The molecule has 0 radical (unpaired) electrons. The number of nitrogens with zero attached hydrogens (tertiary/aromatic N) is 1. The molecule has 2 unspecified atom stereocenters. The molecule has 0 aliphatic carbocycles. The van der Waals surface area contributed by atoms with E-state index in [0.717, 1.165) is 32.4 Å². The molecule has 2 aliphatic heterocycles. The first kappa shape index (κ1) is 27.1. The summed E-state index contributed by atoms with van der Waals surface area (Å²) in [6.07, 6.45) is 4.52. The van der Waals surface area contributed by atoms with Crippen LogP contribution in [-0.4, -0.2) is 74.2 Å². The lowest BCUT2D eigenvalue weighted by Gasteiger charge is -2.28. The Labute approximate surface area is 206 Å². The number of benzene rings is 1. The highest BCUT2D eigenvalue weighted by atomic mass is 32.2. The van der Waals surface area contributed by atoms with E-state index in [1.165, 1.54) is 4.90 Å². The normalized spacial score (nSPS) is 20.2. The van der Waals surface area contributed by atoms with Gasteiger partial charge in [-0.25, -0.2) is 13.1 Å². The Morgan fingerprint density at radius 2 is 1.94 bits per heavy atom. The van der Waals surface area contributed by atoms with Crippen molar-refractivity contribution in [2.45, 2.75) is 64.0 Å². The van der Waals surface area contributed by atoms with Crippen molar-refractivity contribution in [3.63, 3.8) is 0 Å². The first-order chi connectivity index (χ1) is 16.6. The van der Waals surface area contributed by atoms with Crippen molar-refractivity contribution >= 4 is 33.5 Å². The average molecular weight is 509 g/mol. The molecule has 194 valence electrons. The van der Waals surface area contributed by atoms with Gasteiger partial charge < -0.3 is 20.6 Å². The number of unbranched alkanes of at least 4 members (excludes halogenated alkanes) is 1. The van der Waals surface area contributed by atoms with Crippen molar-refractivity contribution in [1.29, 1.82) is 0 Å². The van der Waals surface area contributed by atoms with Crippen LogP contribution in [0.2, 0.25) is 0 Å². The zero-order chi connectivity index (χ0) is 25.6. The Morgan fingerprint density at radius 1 is 1.23 bits per heavy atom. The summed E-state index contributed by atoms with van der Waals surface area (Å²) in [5.74, 6) is -1.49. The summed E-state index contributed by atoms with van der Waals surface area (Å²) in [7, 11) is -2.14. The Hall–Kier alpha value is -2.50. The Bertz CT molecular complexity index is 1040. The van der Waals surface area contributed by atoms with Crippen LogP contribution in [0.3, 0.4) is 0 Å². The molecule has 1 fully saturated rings. The molecule has 11 heteroatoms. The van der Waals surface area contributed by atoms with Gasteiger partial charge in [-0.05, 0) is 75.2 Å². The lowest BCUT2D eigenvalue weighted by atomic mass is 9.91. The predicted molar refractivity (Wildman–Crippen MR) is 133 cm³/mol. The first-order valence-electron chi connectivity index (χ1n) is 12.3. The van der Waals surface area contributed by atoms with Gasteiger partial charge in [0.25, 0.3) is 5.91 Å². The maximum absolute atomic E-state index is 13.3. The van der Waals surface area contributed by atoms with E-state index in [1.807, 2.05) is 6.92 Å². The number of carboxylic acid groups (broad SMARTS) is 1. The fourth-order valence-electron chi connectivity index (χ4n) is 4.64. The van der Waals surface area contributed by atoms with Gasteiger partial charge >= 0.3 is 5.97 Å². The summed E-state index contributed by atoms with van der Waals surface area (Å²) in [5, 5.41) is 15.7. The molecule has 0 bridgehead atoms. The van der Waals surface area contributed by atoms with E-state index in [4.69, 9.17) is 0 Å². The van der Waals surface area contributed by atoms with E-state index in [2.05, 4.69) is 15.4 Å². The molecule has 3 rings (SSSR count). The third kappa shape index (κ3) is 7.25. The maximum atomic E-state index is 13.3. The monoisotopic (exact) mass is 508 g/mol. The maximum Gasteiger partial charge on any atom is 0.322 e. The van der Waals surface area contributed by atoms with Crippen LogP contribution in [0.15, 0.2) is 18.2 Å². The highest BCUT2D eigenvalue weighted by Gasteiger charge is 2.34. The second-order valence-corrected chi connectivity index (χ2v) is 11.3. The number of likely N-dealkylation sites (N-methyl/N-ethyl adjacent to an activating group) is 1. The number of fused-ring (bicyclic) bond motifs is 1. The molecule has 0 aromatic heterocycles. The number of carbonyl (C=O) groups is 3. The molecule has 0 spiro atoms. The van der Waals surface area contributed by atoms with Gasteiger partial charge in [-0.1, -0.05) is 19.4 Å². The van der Waals surface area contributed by atoms with Crippen LogP contribution in [0.25, 0.3) is 0 Å². The summed E-state index contributed by atoms with van der Waals surface area (Å²) in [5.41, 5.74) is 1.12. The quantitative estimate of drug-likeness (QED) is 0.355. The highest BCUT2D eigenvalue weighted by molar-refractivity contribution is 7.89. The topological polar surface area (TPSA) is 145 Å². The number of anilines is 1. The number of carboxylic acids is 1. The van der Waals surface area contributed by atoms with Crippen LogP contribution < -0.4 is 15.4 Å². The van der Waals surface area contributed by atoms with Gasteiger partial charge in [-0.2, -0.15) is 0 Å². The zero-order valence-corrected chi connectivity index (χ0v) is 21.2. The fraction of sp³-hybridized carbons (Fsp3) is 0.625. The Kier molecular flexibility index (Phi) is 9.26. The summed E-state index contributed by atoms with van der Waals surface area (Å²) >= 11 is 0. The first-order valence-corrected chi connectivity index (χ1v) is 13.9. The molecular formula is C24H36N4O6S. The zero-order valence-electron chi connectivity index (χ0n) is 20.4. The largest absolute Gasteiger partial charge is 0.480 e. The Morgan fingerprint density at radius 3 is 2.60 bits per heavy atom. The van der Waals surface area contributed by atoms with Crippen molar-refractivity contribution in [1.82, 2.24) is 14.9 Å². The minimum Gasteiger partial charge on any atom is -0.480 e. The van der Waals surface area contributed by atoms with Crippen molar-refractivity contribution in [3.8, 4) is 0 Å². The van der Waals surface area contributed by atoms with E-state index in [9.17, 15) is 27.9 Å². The molecule has 1 aromatic carbocycles. The van der Waals surface area contributed by atoms with Gasteiger partial charge in [0.2, 0.25) is 15.9 Å². The van der Waals surface area contributed by atoms with Crippen LogP contribution in [0.5, 0.6) is 0 Å². The van der Waals surface area contributed by atoms with Gasteiger partial charge in [0.05, 0.1) is 17.0 Å². The standard InChI is InChI=1S/C24H36N4O6S/c1-3-4-13-35(33,34)27-20(24(31)32)15-17-5-7-19-18(14-17)23(30)28(2)21(22(29)26-19)8-6-16-9-11-25-12-10-16/h5,7,14,16,20-21,25,27H,3-4,6,8-13,15H2,1-2H3,(H,26,29)(H,31,32). The molecule has 2 amide bonds. The van der Waals surface area contributed by atoms with Crippen LogP contribution in [0.4, 0.5) is 5.69 Å². The van der Waals surface area contributed by atoms with Gasteiger partial charge in [0.15, 0.2) is 0 Å². The summed E-state index contributed by atoms with van der Waals surface area (Å²) in [4.78, 5) is 39.4. The molecule has 35 heavy (non-hydrogen) atoms. The third-order valence-corrected chi connectivity index (χ3v) is 8.27. The Balaban J connectivity index is 1.74. The number of rotatable bonds is 11. The van der Waals surface area contributed by atoms with Crippen LogP contribution in [0.1, 0.15) is 61.4 Å². The highest BCUT2D eigenvalue weighted by Crippen LogP contribution is 2.27. The minimum absolute atomic E-state index is 0.127. The number of carbonyl (C=O) groups excluding carboxylic acids is 2. The van der Waals surface area contributed by atoms with Gasteiger partial charge in [0, 0.05) is 7.05 Å². The molecule has 2 heterocycles. The van der Waals surface area contributed by atoms with E-state index in [-0.39, 0.29) is 29.6 Å². The number of amides is 2. The number of piperidine rings is 1. The molecule has 0 saturated carbocycles. The molecule has 2 atom stereocenters. The summed E-state index contributed by atoms with van der Waals surface area (Å²) in [6.45, 7) is 3.79. The van der Waals surface area contributed by atoms with Crippen molar-refractivity contribution in [2.24, 2.45) is 5.92 Å². The van der Waals surface area contributed by atoms with E-state index >= 15 is 0 Å². The number of aliphatic carboxylic acids is 1. The number of sulfonamides is 1. The fourth-order valence-corrected chi connectivity index (χ4v) is 6.05. The second kappa shape index (κ2) is 12.0. The van der Waals surface area contributed by atoms with Crippen LogP contribution in [-0.2, 0) is 26.0 Å². The van der Waals surface area contributed by atoms with E-state index < -0.39 is 28.1 Å². The van der Waals surface area contributed by atoms with Gasteiger partial charge in [0.1, 0.15) is 12.1 Å². The molecule has 2 aliphatic rings. The predicted octanol–water partition coefficient (Wildman–Crippen LogP) is 1.57. The van der Waals surface area contributed by atoms with Gasteiger partial charge in [-0.15, -0.1) is 0 Å². The molecule has 4 N–H and O–H groups in total. The smallest absolute Gasteiger partial charge is 0.322 e. The number of nitrogens with one attached hydrogen (secondary N) is 3. The van der Waals surface area contributed by atoms with E-state index in [1.54, 1.807) is 25.2 Å². The summed E-state index contributed by atoms with van der Waals surface area (Å²) < 4.78 is 26.7. The van der Waals surface area contributed by atoms with Gasteiger partial charge in [-0.3, -0.25) is 14.4 Å². The molecule has 1 saturated heterocycles. The lowest BCUT2D eigenvalue weighted by molar-refractivity contribution is -0.138. The molecular weight excluding hydrogens is 472 g/mol. The van der Waals surface area contributed by atoms with Crippen LogP contribution >= 0.6 is 0 Å². The lowest BCUT2D eigenvalue weighted by Crippen LogP contribution is -2.43. The number of hydrogen-bond donors (Lipinski definition) is 4. The number of hydrogen-bond acceptors (Lipinski definition) is 6. The SMILES string of the molecule is CCCCS(=O)(=O)NC(Cc1ccc2c(c1)C(=O)N(C)C(CCC1CCNCC1)C(=O)N2)C(=O)O. The summed E-state index contributed by atoms with van der Waals surface area (Å²) in [6, 6.07) is 2.78. The third-order valence-electron chi connectivity index (χ3n) is 6.80. The minimum atomic E-state index is -3.75. The molecule has 1 aromatic rings. The van der Waals surface area contributed by atoms with Crippen molar-refractivity contribution < 1.29 is 27.9 Å².